The van der Waals surface area contributed by atoms with Gasteiger partial charge in [-0.05, 0) is 54.3 Å². The highest BCUT2D eigenvalue weighted by molar-refractivity contribution is 14.1. The van der Waals surface area contributed by atoms with Crippen molar-refractivity contribution in [3.63, 3.8) is 0 Å². The summed E-state index contributed by atoms with van der Waals surface area (Å²) in [4.78, 5) is 4.08. The lowest BCUT2D eigenvalue weighted by Crippen LogP contribution is -2.29. The van der Waals surface area contributed by atoms with Crippen LogP contribution in [0.2, 0.25) is 0 Å². The molecule has 1 N–H and O–H groups in total. The van der Waals surface area contributed by atoms with E-state index in [1.54, 1.807) is 13.3 Å². The first-order valence-electron chi connectivity index (χ1n) is 6.07. The van der Waals surface area contributed by atoms with E-state index >= 15 is 0 Å². The number of halogens is 1. The zero-order valence-electron chi connectivity index (χ0n) is 10.9. The number of nitrogens with one attached hydrogen (secondary N) is 1. The number of hydrogen-bond donors (Lipinski definition) is 1. The first-order chi connectivity index (χ1) is 8.93. The zero-order valence-corrected chi connectivity index (χ0v) is 13.9. The number of anilines is 1. The molecule has 1 aromatic heterocycles. The summed E-state index contributed by atoms with van der Waals surface area (Å²) in [5, 5.41) is 0. The highest BCUT2D eigenvalue weighted by Crippen LogP contribution is 2.34. The normalized spacial score (nSPS) is 17.2. The maximum absolute atomic E-state index is 12.1. The van der Waals surface area contributed by atoms with Gasteiger partial charge in [-0.2, -0.15) is 0 Å². The lowest BCUT2D eigenvalue weighted by atomic mass is 10.3. The van der Waals surface area contributed by atoms with E-state index < -0.39 is 10.0 Å². The fourth-order valence-corrected chi connectivity index (χ4v) is 3.73. The van der Waals surface area contributed by atoms with Crippen molar-refractivity contribution in [2.45, 2.75) is 25.9 Å². The standard InChI is InChI=1S/C12H17IN2O3S/c1-8-10(13)5-6-14-12(8)15-19(16,17)7-11(18-2)9-3-4-9/h5-6,9,11H,3-4,7H2,1-2H3,(H,14,15). The van der Waals surface area contributed by atoms with Gasteiger partial charge in [-0.3, -0.25) is 4.72 Å². The Morgan fingerprint density at radius 2 is 2.26 bits per heavy atom. The van der Waals surface area contributed by atoms with Gasteiger partial charge in [-0.25, -0.2) is 13.4 Å². The Morgan fingerprint density at radius 3 is 2.84 bits per heavy atom. The van der Waals surface area contributed by atoms with E-state index in [1.165, 1.54) is 0 Å². The average molecular weight is 396 g/mol. The van der Waals surface area contributed by atoms with Gasteiger partial charge < -0.3 is 4.74 Å². The van der Waals surface area contributed by atoms with Crippen LogP contribution >= 0.6 is 22.6 Å². The third kappa shape index (κ3) is 4.03. The summed E-state index contributed by atoms with van der Waals surface area (Å²) in [5.41, 5.74) is 0.840. The lowest BCUT2D eigenvalue weighted by molar-refractivity contribution is 0.103. The van der Waals surface area contributed by atoms with Crippen molar-refractivity contribution in [2.75, 3.05) is 17.6 Å². The Balaban J connectivity index is 2.10. The molecule has 0 radical (unpaired) electrons. The van der Waals surface area contributed by atoms with Crippen LogP contribution in [0.4, 0.5) is 5.82 Å². The van der Waals surface area contributed by atoms with Crippen LogP contribution in [0.1, 0.15) is 18.4 Å². The summed E-state index contributed by atoms with van der Waals surface area (Å²) in [6, 6.07) is 1.84. The Hall–Kier alpha value is -0.410. The number of ether oxygens (including phenoxy) is 1. The van der Waals surface area contributed by atoms with Crippen LogP contribution in [-0.2, 0) is 14.8 Å². The van der Waals surface area contributed by atoms with Crippen LogP contribution in [0.5, 0.6) is 0 Å². The van der Waals surface area contributed by atoms with Crippen LogP contribution in [0, 0.1) is 16.4 Å². The van der Waals surface area contributed by atoms with Crippen molar-refractivity contribution in [1.82, 2.24) is 4.98 Å². The molecule has 1 aromatic rings. The number of methoxy groups -OCH3 is 1. The van der Waals surface area contributed by atoms with Crippen molar-refractivity contribution in [3.05, 3.63) is 21.4 Å². The van der Waals surface area contributed by atoms with Gasteiger partial charge in [0.05, 0.1) is 11.9 Å². The van der Waals surface area contributed by atoms with Crippen LogP contribution < -0.4 is 4.72 Å². The Labute approximate surface area is 127 Å². The first kappa shape index (κ1) is 15.0. The third-order valence-corrected chi connectivity index (χ3v) is 5.66. The molecule has 5 nitrogen and oxygen atoms in total. The number of aromatic nitrogens is 1. The average Bonchev–Trinajstić information content (AvgIpc) is 3.16. The van der Waals surface area contributed by atoms with E-state index in [-0.39, 0.29) is 11.9 Å². The van der Waals surface area contributed by atoms with Crippen molar-refractivity contribution in [3.8, 4) is 0 Å². The number of rotatable bonds is 6. The van der Waals surface area contributed by atoms with E-state index in [4.69, 9.17) is 4.74 Å². The van der Waals surface area contributed by atoms with E-state index in [2.05, 4.69) is 32.3 Å². The minimum atomic E-state index is -3.43. The summed E-state index contributed by atoms with van der Waals surface area (Å²) in [6.07, 6.45) is 3.48. The van der Waals surface area contributed by atoms with Crippen LogP contribution in [0.25, 0.3) is 0 Å². The van der Waals surface area contributed by atoms with Gasteiger partial charge >= 0.3 is 0 Å². The topological polar surface area (TPSA) is 68.3 Å². The molecule has 7 heteroatoms. The molecular weight excluding hydrogens is 379 g/mol. The van der Waals surface area contributed by atoms with E-state index in [0.717, 1.165) is 22.0 Å². The predicted octanol–water partition coefficient (Wildman–Crippen LogP) is 2.16. The summed E-state index contributed by atoms with van der Waals surface area (Å²) in [7, 11) is -1.87. The third-order valence-electron chi connectivity index (χ3n) is 3.22. The number of hydrogen-bond acceptors (Lipinski definition) is 4. The number of nitrogens with zero attached hydrogens (tertiary/aromatic N) is 1. The summed E-state index contributed by atoms with van der Waals surface area (Å²) in [5.74, 6) is 0.768. The second-order valence-electron chi connectivity index (χ2n) is 4.76. The predicted molar refractivity (Wildman–Crippen MR) is 82.6 cm³/mol. The molecule has 1 aliphatic rings. The smallest absolute Gasteiger partial charge is 0.236 e. The second-order valence-corrected chi connectivity index (χ2v) is 7.69. The molecule has 1 heterocycles. The SMILES string of the molecule is COC(CS(=O)(=O)Nc1nccc(I)c1C)C1CC1. The number of pyridine rings is 1. The van der Waals surface area contributed by atoms with Gasteiger partial charge in [-0.15, -0.1) is 0 Å². The maximum atomic E-state index is 12.1. The molecule has 2 rings (SSSR count). The van der Waals surface area contributed by atoms with Crippen molar-refractivity contribution in [1.29, 1.82) is 0 Å². The molecule has 0 aromatic carbocycles. The molecule has 1 atom stereocenters. The second kappa shape index (κ2) is 5.92. The van der Waals surface area contributed by atoms with E-state index in [0.29, 0.717) is 11.7 Å². The minimum absolute atomic E-state index is 0.0131. The van der Waals surface area contributed by atoms with Gasteiger partial charge in [0.15, 0.2) is 0 Å². The lowest BCUT2D eigenvalue weighted by Gasteiger charge is -2.16. The molecule has 0 aliphatic heterocycles. The fourth-order valence-electron chi connectivity index (χ4n) is 1.88. The van der Waals surface area contributed by atoms with Gasteiger partial charge in [0, 0.05) is 22.4 Å². The van der Waals surface area contributed by atoms with Gasteiger partial charge in [0.25, 0.3) is 0 Å². The maximum Gasteiger partial charge on any atom is 0.236 e. The molecular formula is C12H17IN2O3S. The molecule has 106 valence electrons. The Kier molecular flexibility index (Phi) is 4.67. The molecule has 19 heavy (non-hydrogen) atoms. The molecule has 1 saturated carbocycles. The van der Waals surface area contributed by atoms with Crippen molar-refractivity contribution >= 4 is 38.4 Å². The summed E-state index contributed by atoms with van der Waals surface area (Å²) >= 11 is 2.16. The highest BCUT2D eigenvalue weighted by Gasteiger charge is 2.34. The van der Waals surface area contributed by atoms with E-state index in [9.17, 15) is 8.42 Å². The zero-order chi connectivity index (χ0) is 14.0. The van der Waals surface area contributed by atoms with Gasteiger partial charge in [0.1, 0.15) is 5.82 Å². The molecule has 0 saturated heterocycles. The monoisotopic (exact) mass is 396 g/mol. The summed E-state index contributed by atoms with van der Waals surface area (Å²) in [6.45, 7) is 1.85. The minimum Gasteiger partial charge on any atom is -0.380 e. The van der Waals surface area contributed by atoms with Crippen LogP contribution in [-0.4, -0.2) is 32.4 Å². The van der Waals surface area contributed by atoms with Gasteiger partial charge in [-0.1, -0.05) is 0 Å². The summed E-state index contributed by atoms with van der Waals surface area (Å²) < 4.78 is 33.1. The highest BCUT2D eigenvalue weighted by atomic mass is 127. The molecule has 1 fully saturated rings. The van der Waals surface area contributed by atoms with Crippen LogP contribution in [0.15, 0.2) is 12.3 Å². The van der Waals surface area contributed by atoms with E-state index in [1.807, 2.05) is 13.0 Å². The fraction of sp³-hybridized carbons (Fsp3) is 0.583. The molecule has 1 unspecified atom stereocenters. The molecule has 0 spiro atoms. The Morgan fingerprint density at radius 1 is 1.58 bits per heavy atom. The Bertz CT molecular complexity index is 558. The largest absolute Gasteiger partial charge is 0.380 e. The molecule has 1 aliphatic carbocycles. The quantitative estimate of drug-likeness (QED) is 0.749. The van der Waals surface area contributed by atoms with Crippen molar-refractivity contribution in [2.24, 2.45) is 5.92 Å². The van der Waals surface area contributed by atoms with Crippen LogP contribution in [0.3, 0.4) is 0 Å². The van der Waals surface area contributed by atoms with Gasteiger partial charge in [0.2, 0.25) is 10.0 Å². The molecule has 0 amide bonds. The first-order valence-corrected chi connectivity index (χ1v) is 8.80. The van der Waals surface area contributed by atoms with Crippen molar-refractivity contribution < 1.29 is 13.2 Å². The molecule has 0 bridgehead atoms. The number of sulfonamides is 1.